The van der Waals surface area contributed by atoms with Gasteiger partial charge < -0.3 is 15.8 Å². The Morgan fingerprint density at radius 2 is 2.19 bits per heavy atom. The third-order valence-corrected chi connectivity index (χ3v) is 2.15. The van der Waals surface area contributed by atoms with Gasteiger partial charge in [0.15, 0.2) is 0 Å². The lowest BCUT2D eigenvalue weighted by Crippen LogP contribution is -2.08. The smallest absolute Gasteiger partial charge is 0.387 e. The average molecular weight is 251 g/mol. The molecule has 0 bridgehead atoms. The topological polar surface area (TPSA) is 47.3 Å². The van der Waals surface area contributed by atoms with Gasteiger partial charge >= 0.3 is 6.61 Å². The molecule has 0 aliphatic rings. The van der Waals surface area contributed by atoms with Crippen LogP contribution in [0.1, 0.15) is 6.42 Å². The molecule has 0 spiro atoms. The summed E-state index contributed by atoms with van der Waals surface area (Å²) in [5, 5.41) is 3.21. The van der Waals surface area contributed by atoms with Gasteiger partial charge in [-0.2, -0.15) is 8.78 Å². The third-order valence-electron chi connectivity index (χ3n) is 1.86. The predicted octanol–water partition coefficient (Wildman–Crippen LogP) is 2.70. The van der Waals surface area contributed by atoms with Crippen molar-refractivity contribution in [2.24, 2.45) is 5.73 Å². The van der Waals surface area contributed by atoms with E-state index in [2.05, 4.69) is 10.1 Å². The summed E-state index contributed by atoms with van der Waals surface area (Å²) in [6.07, 6.45) is 0.826. The van der Waals surface area contributed by atoms with Gasteiger partial charge in [0.1, 0.15) is 5.75 Å². The van der Waals surface area contributed by atoms with E-state index in [-0.39, 0.29) is 10.8 Å². The van der Waals surface area contributed by atoms with Gasteiger partial charge in [0.25, 0.3) is 0 Å². The van der Waals surface area contributed by atoms with Crippen LogP contribution in [0.2, 0.25) is 5.02 Å². The van der Waals surface area contributed by atoms with Crippen molar-refractivity contribution < 1.29 is 13.5 Å². The Morgan fingerprint density at radius 3 is 2.75 bits per heavy atom. The van der Waals surface area contributed by atoms with Gasteiger partial charge in [-0.1, -0.05) is 11.6 Å². The van der Waals surface area contributed by atoms with Crippen LogP contribution >= 0.6 is 11.6 Å². The van der Waals surface area contributed by atoms with Crippen LogP contribution in [-0.4, -0.2) is 19.7 Å². The van der Waals surface area contributed by atoms with Crippen molar-refractivity contribution in [1.29, 1.82) is 0 Å². The zero-order valence-electron chi connectivity index (χ0n) is 8.55. The first kappa shape index (κ1) is 13.0. The minimum absolute atomic E-state index is 0.0268. The van der Waals surface area contributed by atoms with E-state index in [0.29, 0.717) is 13.1 Å². The Labute approximate surface area is 97.5 Å². The van der Waals surface area contributed by atoms with Gasteiger partial charge in [0.05, 0.1) is 5.02 Å². The number of nitrogens with two attached hydrogens (primary N) is 1. The lowest BCUT2D eigenvalue weighted by atomic mass is 10.3. The van der Waals surface area contributed by atoms with Gasteiger partial charge in [-0.15, -0.1) is 0 Å². The summed E-state index contributed by atoms with van der Waals surface area (Å²) in [6.45, 7) is -1.57. The Hall–Kier alpha value is -1.07. The highest BCUT2D eigenvalue weighted by Gasteiger charge is 2.08. The summed E-state index contributed by atoms with van der Waals surface area (Å²) >= 11 is 5.76. The van der Waals surface area contributed by atoms with Crippen LogP contribution in [0.25, 0.3) is 0 Å². The standard InChI is InChI=1S/C10H13ClF2N2O/c11-8-6-7(15-5-1-4-14)2-3-9(8)16-10(12)13/h2-3,6,10,15H,1,4-5,14H2. The molecule has 3 N–H and O–H groups in total. The first-order chi connectivity index (χ1) is 7.63. The van der Waals surface area contributed by atoms with Crippen molar-refractivity contribution >= 4 is 17.3 Å². The summed E-state index contributed by atoms with van der Waals surface area (Å²) in [5.74, 6) is -0.0268. The largest absolute Gasteiger partial charge is 0.433 e. The van der Waals surface area contributed by atoms with Crippen LogP contribution in [0.5, 0.6) is 5.75 Å². The van der Waals surface area contributed by atoms with Crippen molar-refractivity contribution in [2.75, 3.05) is 18.4 Å². The molecule has 0 saturated heterocycles. The average Bonchev–Trinajstić information content (AvgIpc) is 2.22. The van der Waals surface area contributed by atoms with E-state index in [4.69, 9.17) is 17.3 Å². The Bertz CT molecular complexity index is 337. The fraction of sp³-hybridized carbons (Fsp3) is 0.400. The Balaban J connectivity index is 2.60. The second kappa shape index (κ2) is 6.50. The molecule has 0 aromatic heterocycles. The molecule has 16 heavy (non-hydrogen) atoms. The molecular formula is C10H13ClF2N2O. The van der Waals surface area contributed by atoms with Crippen molar-refractivity contribution in [3.05, 3.63) is 23.2 Å². The van der Waals surface area contributed by atoms with E-state index in [0.717, 1.165) is 12.1 Å². The molecule has 3 nitrogen and oxygen atoms in total. The minimum atomic E-state index is -2.87. The highest BCUT2D eigenvalue weighted by atomic mass is 35.5. The number of alkyl halides is 2. The number of ether oxygens (including phenoxy) is 1. The fourth-order valence-corrected chi connectivity index (χ4v) is 1.36. The quantitative estimate of drug-likeness (QED) is 0.763. The molecule has 0 unspecified atom stereocenters. The van der Waals surface area contributed by atoms with E-state index in [1.165, 1.54) is 12.1 Å². The van der Waals surface area contributed by atoms with E-state index < -0.39 is 6.61 Å². The molecule has 90 valence electrons. The van der Waals surface area contributed by atoms with Crippen LogP contribution in [0, 0.1) is 0 Å². The molecule has 0 aliphatic carbocycles. The predicted molar refractivity (Wildman–Crippen MR) is 60.2 cm³/mol. The first-order valence-corrected chi connectivity index (χ1v) is 5.19. The van der Waals surface area contributed by atoms with Gasteiger partial charge in [-0.3, -0.25) is 0 Å². The van der Waals surface area contributed by atoms with Crippen molar-refractivity contribution in [1.82, 2.24) is 0 Å². The third kappa shape index (κ3) is 4.20. The summed E-state index contributed by atoms with van der Waals surface area (Å²) < 4.78 is 28.1. The molecule has 6 heteroatoms. The van der Waals surface area contributed by atoms with Crippen LogP contribution in [0.15, 0.2) is 18.2 Å². The minimum Gasteiger partial charge on any atom is -0.433 e. The highest BCUT2D eigenvalue weighted by Crippen LogP contribution is 2.28. The Morgan fingerprint density at radius 1 is 1.44 bits per heavy atom. The van der Waals surface area contributed by atoms with E-state index in [9.17, 15) is 8.78 Å². The molecule has 0 radical (unpaired) electrons. The molecule has 0 amide bonds. The second-order valence-electron chi connectivity index (χ2n) is 3.09. The lowest BCUT2D eigenvalue weighted by Gasteiger charge is -2.09. The molecule has 0 saturated carbocycles. The number of benzene rings is 1. The maximum Gasteiger partial charge on any atom is 0.387 e. The zero-order valence-corrected chi connectivity index (χ0v) is 9.31. The monoisotopic (exact) mass is 250 g/mol. The number of hydrogen-bond acceptors (Lipinski definition) is 3. The van der Waals surface area contributed by atoms with Crippen molar-refractivity contribution in [3.8, 4) is 5.75 Å². The molecule has 1 aromatic carbocycles. The maximum atomic E-state index is 11.9. The summed E-state index contributed by atoms with van der Waals surface area (Å²) in [5.41, 5.74) is 6.08. The van der Waals surface area contributed by atoms with Crippen LogP contribution < -0.4 is 15.8 Å². The maximum absolute atomic E-state index is 11.9. The number of halogens is 3. The number of nitrogens with one attached hydrogen (secondary N) is 1. The van der Waals surface area contributed by atoms with Crippen LogP contribution in [-0.2, 0) is 0 Å². The van der Waals surface area contributed by atoms with E-state index in [1.807, 2.05) is 0 Å². The fourth-order valence-electron chi connectivity index (χ4n) is 1.14. The van der Waals surface area contributed by atoms with Gasteiger partial charge in [-0.25, -0.2) is 0 Å². The van der Waals surface area contributed by atoms with Gasteiger partial charge in [0.2, 0.25) is 0 Å². The summed E-state index contributed by atoms with van der Waals surface area (Å²) in [6, 6.07) is 4.56. The highest BCUT2D eigenvalue weighted by molar-refractivity contribution is 6.32. The molecule has 0 aliphatic heterocycles. The van der Waals surface area contributed by atoms with Crippen LogP contribution in [0.3, 0.4) is 0 Å². The zero-order chi connectivity index (χ0) is 12.0. The molecule has 0 heterocycles. The lowest BCUT2D eigenvalue weighted by molar-refractivity contribution is -0.0497. The number of rotatable bonds is 6. The van der Waals surface area contributed by atoms with Gasteiger partial charge in [0, 0.05) is 12.2 Å². The molecule has 1 rings (SSSR count). The SMILES string of the molecule is NCCCNc1ccc(OC(F)F)c(Cl)c1. The van der Waals surface area contributed by atoms with E-state index >= 15 is 0 Å². The van der Waals surface area contributed by atoms with Crippen molar-refractivity contribution in [2.45, 2.75) is 13.0 Å². The molecule has 1 aromatic rings. The molecular weight excluding hydrogens is 238 g/mol. The van der Waals surface area contributed by atoms with Crippen molar-refractivity contribution in [3.63, 3.8) is 0 Å². The number of hydrogen-bond donors (Lipinski definition) is 2. The normalized spacial score (nSPS) is 10.6. The Kier molecular flexibility index (Phi) is 5.28. The number of anilines is 1. The van der Waals surface area contributed by atoms with Gasteiger partial charge in [-0.05, 0) is 31.2 Å². The van der Waals surface area contributed by atoms with Crippen LogP contribution in [0.4, 0.5) is 14.5 Å². The first-order valence-electron chi connectivity index (χ1n) is 4.82. The second-order valence-corrected chi connectivity index (χ2v) is 3.50. The molecule has 0 atom stereocenters. The molecule has 0 fully saturated rings. The summed E-state index contributed by atoms with van der Waals surface area (Å²) in [4.78, 5) is 0. The van der Waals surface area contributed by atoms with E-state index in [1.54, 1.807) is 6.07 Å². The summed E-state index contributed by atoms with van der Waals surface area (Å²) in [7, 11) is 0.